The van der Waals surface area contributed by atoms with Gasteiger partial charge in [0.1, 0.15) is 10.7 Å². The van der Waals surface area contributed by atoms with Gasteiger partial charge in [-0.1, -0.05) is 18.2 Å². The molecule has 1 aromatic carbocycles. The maximum atomic E-state index is 14.1. The Morgan fingerprint density at radius 1 is 1.09 bits per heavy atom. The highest BCUT2D eigenvalue weighted by molar-refractivity contribution is 7.89. The Morgan fingerprint density at radius 2 is 1.82 bits per heavy atom. The molecular formula is C23H22FN5O3S2. The molecule has 34 heavy (non-hydrogen) atoms. The van der Waals surface area contributed by atoms with Gasteiger partial charge in [0.25, 0.3) is 5.91 Å². The van der Waals surface area contributed by atoms with Crippen LogP contribution in [0.15, 0.2) is 52.7 Å². The topological polar surface area (TPSA) is 88.4 Å². The van der Waals surface area contributed by atoms with Gasteiger partial charge in [0.2, 0.25) is 10.0 Å². The number of amides is 1. The van der Waals surface area contributed by atoms with Crippen LogP contribution in [0.3, 0.4) is 0 Å². The van der Waals surface area contributed by atoms with Crippen molar-refractivity contribution in [2.24, 2.45) is 7.05 Å². The molecule has 0 aliphatic carbocycles. The number of sulfonamides is 1. The van der Waals surface area contributed by atoms with Gasteiger partial charge in [0, 0.05) is 33.2 Å². The maximum absolute atomic E-state index is 14.1. The third-order valence-corrected chi connectivity index (χ3v) is 8.78. The molecule has 1 aliphatic rings. The first-order valence-electron chi connectivity index (χ1n) is 10.7. The number of carbonyl (C=O) groups is 1. The second kappa shape index (κ2) is 8.57. The largest absolute Gasteiger partial charge is 0.336 e. The molecule has 1 aliphatic heterocycles. The van der Waals surface area contributed by atoms with Gasteiger partial charge in [-0.05, 0) is 36.6 Å². The second-order valence-electron chi connectivity index (χ2n) is 8.07. The number of benzene rings is 1. The maximum Gasteiger partial charge on any atom is 0.254 e. The van der Waals surface area contributed by atoms with E-state index in [1.165, 1.54) is 33.8 Å². The zero-order valence-electron chi connectivity index (χ0n) is 18.6. The Bertz CT molecular complexity index is 1490. The van der Waals surface area contributed by atoms with Crippen LogP contribution in [-0.4, -0.2) is 64.5 Å². The molecule has 0 atom stereocenters. The van der Waals surface area contributed by atoms with Crippen molar-refractivity contribution in [3.05, 3.63) is 64.9 Å². The lowest BCUT2D eigenvalue weighted by molar-refractivity contribution is 0.0699. The summed E-state index contributed by atoms with van der Waals surface area (Å²) >= 11 is 1.53. The van der Waals surface area contributed by atoms with Crippen LogP contribution in [0.25, 0.3) is 21.6 Å². The smallest absolute Gasteiger partial charge is 0.254 e. The average Bonchev–Trinajstić information content (AvgIpc) is 3.47. The van der Waals surface area contributed by atoms with Gasteiger partial charge in [-0.3, -0.25) is 9.48 Å². The van der Waals surface area contributed by atoms with Crippen molar-refractivity contribution in [1.82, 2.24) is 24.0 Å². The van der Waals surface area contributed by atoms with Gasteiger partial charge in [-0.15, -0.1) is 11.3 Å². The highest BCUT2D eigenvalue weighted by atomic mass is 32.2. The summed E-state index contributed by atoms with van der Waals surface area (Å²) in [5.41, 5.74) is 2.50. The number of aromatic nitrogens is 3. The summed E-state index contributed by atoms with van der Waals surface area (Å²) in [6, 6.07) is 11.0. The van der Waals surface area contributed by atoms with E-state index in [0.717, 1.165) is 10.9 Å². The number of carbonyl (C=O) groups excluding carboxylic acids is 1. The van der Waals surface area contributed by atoms with Gasteiger partial charge in [0.05, 0.1) is 27.2 Å². The number of aryl methyl sites for hydroxylation is 2. The number of fused-ring (bicyclic) bond motifs is 1. The van der Waals surface area contributed by atoms with Gasteiger partial charge in [-0.25, -0.2) is 17.8 Å². The third kappa shape index (κ3) is 3.79. The highest BCUT2D eigenvalue weighted by Crippen LogP contribution is 2.30. The number of nitrogens with zero attached hydrogens (tertiary/aromatic N) is 5. The minimum Gasteiger partial charge on any atom is -0.336 e. The Kier molecular flexibility index (Phi) is 5.70. The molecule has 0 saturated carbocycles. The summed E-state index contributed by atoms with van der Waals surface area (Å²) in [4.78, 5) is 20.6. The van der Waals surface area contributed by atoms with E-state index >= 15 is 0 Å². The number of thiophene rings is 1. The van der Waals surface area contributed by atoms with Crippen molar-refractivity contribution in [3.8, 4) is 10.6 Å². The van der Waals surface area contributed by atoms with Gasteiger partial charge >= 0.3 is 0 Å². The van der Waals surface area contributed by atoms with Gasteiger partial charge < -0.3 is 4.90 Å². The van der Waals surface area contributed by atoms with Crippen molar-refractivity contribution in [2.45, 2.75) is 11.8 Å². The molecule has 1 saturated heterocycles. The summed E-state index contributed by atoms with van der Waals surface area (Å²) in [5.74, 6) is -0.988. The van der Waals surface area contributed by atoms with Crippen LogP contribution in [0.5, 0.6) is 0 Å². The quantitative estimate of drug-likeness (QED) is 0.430. The van der Waals surface area contributed by atoms with Crippen LogP contribution in [0, 0.1) is 12.7 Å². The van der Waals surface area contributed by atoms with Crippen LogP contribution in [0.1, 0.15) is 16.1 Å². The molecule has 5 rings (SSSR count). The monoisotopic (exact) mass is 499 g/mol. The normalized spacial score (nSPS) is 15.2. The zero-order chi connectivity index (χ0) is 24.0. The van der Waals surface area contributed by atoms with Crippen LogP contribution in [0.2, 0.25) is 0 Å². The Labute approximate surface area is 200 Å². The molecular weight excluding hydrogens is 477 g/mol. The van der Waals surface area contributed by atoms with Crippen LogP contribution in [0.4, 0.5) is 4.39 Å². The molecule has 8 nitrogen and oxygen atoms in total. The van der Waals surface area contributed by atoms with E-state index in [1.807, 2.05) is 24.4 Å². The number of rotatable bonds is 4. The van der Waals surface area contributed by atoms with Crippen LogP contribution < -0.4 is 0 Å². The standard InChI is InChI=1S/C23H22FN5O3S2/c1-15-21-16(14-18(19-7-5-13-33-19)25-22(21)27(2)26-15)23(30)28-9-11-29(12-10-28)34(31,32)20-8-4-3-6-17(20)24/h3-8,13-14H,9-12H2,1-2H3. The first-order valence-corrected chi connectivity index (χ1v) is 13.0. The fourth-order valence-electron chi connectivity index (χ4n) is 4.26. The van der Waals surface area contributed by atoms with Crippen molar-refractivity contribution in [2.75, 3.05) is 26.2 Å². The molecule has 11 heteroatoms. The molecule has 0 radical (unpaired) electrons. The Balaban J connectivity index is 1.44. The zero-order valence-corrected chi connectivity index (χ0v) is 20.2. The molecule has 0 spiro atoms. The van der Waals surface area contributed by atoms with Gasteiger partial charge in [0.15, 0.2) is 5.65 Å². The average molecular weight is 500 g/mol. The highest BCUT2D eigenvalue weighted by Gasteiger charge is 2.33. The first kappa shape index (κ1) is 22.6. The molecule has 1 amide bonds. The van der Waals surface area contributed by atoms with Crippen molar-refractivity contribution in [3.63, 3.8) is 0 Å². The van der Waals surface area contributed by atoms with Gasteiger partial charge in [-0.2, -0.15) is 9.40 Å². The number of hydrogen-bond donors (Lipinski definition) is 0. The molecule has 4 heterocycles. The molecule has 4 aromatic rings. The first-order chi connectivity index (χ1) is 16.3. The van der Waals surface area contributed by atoms with E-state index in [9.17, 15) is 17.6 Å². The SMILES string of the molecule is Cc1nn(C)c2nc(-c3cccs3)cc(C(=O)N3CCN(S(=O)(=O)c4ccccc4F)CC3)c12. The van der Waals surface area contributed by atoms with E-state index < -0.39 is 15.8 Å². The fourth-order valence-corrected chi connectivity index (χ4v) is 6.43. The number of hydrogen-bond acceptors (Lipinski definition) is 6. The lowest BCUT2D eigenvalue weighted by Crippen LogP contribution is -2.50. The summed E-state index contributed by atoms with van der Waals surface area (Å²) in [6.07, 6.45) is 0. The second-order valence-corrected chi connectivity index (χ2v) is 10.9. The minimum atomic E-state index is -3.98. The number of halogens is 1. The summed E-state index contributed by atoms with van der Waals surface area (Å²) in [5, 5.41) is 7.09. The summed E-state index contributed by atoms with van der Waals surface area (Å²) in [6.45, 7) is 2.40. The number of pyridine rings is 1. The van der Waals surface area contributed by atoms with E-state index in [1.54, 1.807) is 22.7 Å². The van der Waals surface area contributed by atoms with E-state index in [2.05, 4.69) is 5.10 Å². The summed E-state index contributed by atoms with van der Waals surface area (Å²) < 4.78 is 42.9. The molecule has 0 bridgehead atoms. The Morgan fingerprint density at radius 3 is 2.50 bits per heavy atom. The van der Waals surface area contributed by atoms with Crippen LogP contribution in [-0.2, 0) is 17.1 Å². The molecule has 0 N–H and O–H groups in total. The molecule has 3 aromatic heterocycles. The summed E-state index contributed by atoms with van der Waals surface area (Å²) in [7, 11) is -2.19. The molecule has 0 unspecified atom stereocenters. The predicted molar refractivity (Wildman–Crippen MR) is 128 cm³/mol. The van der Waals surface area contributed by atoms with Crippen molar-refractivity contribution >= 4 is 38.3 Å². The lowest BCUT2D eigenvalue weighted by atomic mass is 10.1. The van der Waals surface area contributed by atoms with Crippen LogP contribution >= 0.6 is 11.3 Å². The lowest BCUT2D eigenvalue weighted by Gasteiger charge is -2.34. The molecule has 176 valence electrons. The number of piperazine rings is 1. The minimum absolute atomic E-state index is 0.0838. The van der Waals surface area contributed by atoms with E-state index in [4.69, 9.17) is 4.98 Å². The Hall–Kier alpha value is -3.15. The van der Waals surface area contributed by atoms with Crippen molar-refractivity contribution in [1.29, 1.82) is 0 Å². The van der Waals surface area contributed by atoms with E-state index in [-0.39, 0.29) is 37.0 Å². The van der Waals surface area contributed by atoms with E-state index in [0.29, 0.717) is 28.0 Å². The third-order valence-electron chi connectivity index (χ3n) is 5.95. The predicted octanol–water partition coefficient (Wildman–Crippen LogP) is 3.29. The van der Waals surface area contributed by atoms with Crippen molar-refractivity contribution < 1.29 is 17.6 Å². The molecule has 1 fully saturated rings. The fraction of sp³-hybridized carbons (Fsp3) is 0.261.